The van der Waals surface area contributed by atoms with Crippen LogP contribution in [0.4, 0.5) is 4.39 Å². The zero-order valence-corrected chi connectivity index (χ0v) is 4.80. The third-order valence-electron chi connectivity index (χ3n) is 0.894. The predicted molar refractivity (Wildman–Crippen MR) is 30.2 cm³/mol. The molecule has 4 nitrogen and oxygen atoms in total. The van der Waals surface area contributed by atoms with Crippen molar-refractivity contribution in [1.29, 1.82) is 0 Å². The Labute approximate surface area is 54.7 Å². The van der Waals surface area contributed by atoms with E-state index >= 15 is 0 Å². The molecule has 1 N–H and O–H groups in total. The Morgan fingerprint density at radius 2 is 2.40 bits per heavy atom. The average molecular weight is 142 g/mol. The average Bonchev–Trinajstić information content (AvgIpc) is 1.94. The topological polar surface area (TPSA) is 62.8 Å². The van der Waals surface area contributed by atoms with Crippen LogP contribution in [0.1, 0.15) is 10.5 Å². The van der Waals surface area contributed by atoms with Gasteiger partial charge in [0, 0.05) is 0 Å². The second-order valence-corrected chi connectivity index (χ2v) is 1.56. The Morgan fingerprint density at radius 3 is 2.90 bits per heavy atom. The van der Waals surface area contributed by atoms with Crippen molar-refractivity contribution in [2.45, 2.75) is 0 Å². The van der Waals surface area contributed by atoms with Crippen LogP contribution in [-0.2, 0) is 0 Å². The highest BCUT2D eigenvalue weighted by molar-refractivity contribution is 5.70. The second-order valence-electron chi connectivity index (χ2n) is 1.56. The molecule has 1 aromatic heterocycles. The second kappa shape index (κ2) is 2.38. The first-order valence-electron chi connectivity index (χ1n) is 2.44. The first kappa shape index (κ1) is 6.60. The van der Waals surface area contributed by atoms with E-state index in [-0.39, 0.29) is 6.29 Å². The van der Waals surface area contributed by atoms with E-state index in [0.717, 1.165) is 6.20 Å². The van der Waals surface area contributed by atoms with E-state index in [9.17, 15) is 14.0 Å². The molecule has 0 aliphatic heterocycles. The van der Waals surface area contributed by atoms with Gasteiger partial charge >= 0.3 is 0 Å². The Balaban J connectivity index is 3.35. The Kier molecular flexibility index (Phi) is 1.57. The van der Waals surface area contributed by atoms with Crippen LogP contribution in [0, 0.1) is 5.95 Å². The van der Waals surface area contributed by atoms with Crippen LogP contribution in [0.15, 0.2) is 11.0 Å². The van der Waals surface area contributed by atoms with E-state index < -0.39 is 17.2 Å². The van der Waals surface area contributed by atoms with Crippen molar-refractivity contribution < 1.29 is 9.18 Å². The Morgan fingerprint density at radius 1 is 1.70 bits per heavy atom. The highest BCUT2D eigenvalue weighted by Gasteiger charge is 1.99. The van der Waals surface area contributed by atoms with Gasteiger partial charge < -0.3 is 4.98 Å². The zero-order valence-electron chi connectivity index (χ0n) is 4.80. The van der Waals surface area contributed by atoms with Crippen molar-refractivity contribution in [1.82, 2.24) is 9.97 Å². The van der Waals surface area contributed by atoms with Crippen LogP contribution >= 0.6 is 0 Å². The molecule has 1 rings (SSSR count). The van der Waals surface area contributed by atoms with Gasteiger partial charge in [-0.2, -0.15) is 4.39 Å². The van der Waals surface area contributed by atoms with Gasteiger partial charge in [0.2, 0.25) is 5.95 Å². The zero-order chi connectivity index (χ0) is 7.56. The minimum absolute atomic E-state index is 0.196. The summed E-state index contributed by atoms with van der Waals surface area (Å²) in [6.07, 6.45) is 0.983. The molecule has 52 valence electrons. The molecular formula is C5H3FN2O2. The molecule has 1 aromatic rings. The SMILES string of the molecule is O=Cc1nc(F)c[nH]c1=O. The molecule has 10 heavy (non-hydrogen) atoms. The van der Waals surface area contributed by atoms with Crippen molar-refractivity contribution in [2.24, 2.45) is 0 Å². The summed E-state index contributed by atoms with van der Waals surface area (Å²) >= 11 is 0. The van der Waals surface area contributed by atoms with Gasteiger partial charge in [0.25, 0.3) is 5.56 Å². The van der Waals surface area contributed by atoms with E-state index in [2.05, 4.69) is 4.98 Å². The monoisotopic (exact) mass is 142 g/mol. The molecule has 0 atom stereocenters. The normalized spacial score (nSPS) is 9.30. The number of nitrogens with zero attached hydrogens (tertiary/aromatic N) is 1. The number of H-pyrrole nitrogens is 1. The number of rotatable bonds is 1. The van der Waals surface area contributed by atoms with Gasteiger partial charge in [-0.25, -0.2) is 4.98 Å². The summed E-state index contributed by atoms with van der Waals surface area (Å²) in [4.78, 5) is 25.4. The molecule has 0 aliphatic carbocycles. The number of carbonyl (C=O) groups is 1. The summed E-state index contributed by atoms with van der Waals surface area (Å²) in [5, 5.41) is 0. The van der Waals surface area contributed by atoms with E-state index in [4.69, 9.17) is 0 Å². The fourth-order valence-corrected chi connectivity index (χ4v) is 0.477. The van der Waals surface area contributed by atoms with Gasteiger partial charge in [-0.15, -0.1) is 0 Å². The lowest BCUT2D eigenvalue weighted by atomic mass is 10.5. The molecule has 0 saturated heterocycles. The van der Waals surface area contributed by atoms with E-state index in [1.165, 1.54) is 0 Å². The summed E-state index contributed by atoms with van der Waals surface area (Å²) < 4.78 is 12.1. The lowest BCUT2D eigenvalue weighted by Gasteiger charge is -1.86. The van der Waals surface area contributed by atoms with Crippen LogP contribution in [0.2, 0.25) is 0 Å². The molecule has 0 fully saturated rings. The molecule has 1 heterocycles. The maximum absolute atomic E-state index is 12.1. The number of nitrogens with one attached hydrogen (secondary N) is 1. The number of carbonyl (C=O) groups excluding carboxylic acids is 1. The number of aromatic amines is 1. The number of halogens is 1. The Hall–Kier alpha value is -1.52. The predicted octanol–water partition coefficient (Wildman–Crippen LogP) is -0.279. The summed E-state index contributed by atoms with van der Waals surface area (Å²) in [6, 6.07) is 0. The van der Waals surface area contributed by atoms with Gasteiger partial charge in [0.15, 0.2) is 12.0 Å². The minimum Gasteiger partial charge on any atom is -0.323 e. The van der Waals surface area contributed by atoms with Crippen LogP contribution in [-0.4, -0.2) is 16.3 Å². The van der Waals surface area contributed by atoms with Gasteiger partial charge in [-0.1, -0.05) is 0 Å². The van der Waals surface area contributed by atoms with Crippen molar-refractivity contribution in [3.05, 3.63) is 28.2 Å². The summed E-state index contributed by atoms with van der Waals surface area (Å²) in [7, 11) is 0. The third-order valence-corrected chi connectivity index (χ3v) is 0.894. The van der Waals surface area contributed by atoms with Crippen LogP contribution in [0.3, 0.4) is 0 Å². The van der Waals surface area contributed by atoms with Gasteiger partial charge in [-0.05, 0) is 0 Å². The van der Waals surface area contributed by atoms with Crippen molar-refractivity contribution in [3.63, 3.8) is 0 Å². The molecule has 0 bridgehead atoms. The largest absolute Gasteiger partial charge is 0.323 e. The lowest BCUT2D eigenvalue weighted by molar-refractivity contribution is 0.111. The van der Waals surface area contributed by atoms with Crippen LogP contribution in [0.25, 0.3) is 0 Å². The molecular weight excluding hydrogens is 139 g/mol. The molecule has 0 amide bonds. The highest BCUT2D eigenvalue weighted by atomic mass is 19.1. The van der Waals surface area contributed by atoms with E-state index in [1.807, 2.05) is 4.98 Å². The van der Waals surface area contributed by atoms with Gasteiger partial charge in [0.05, 0.1) is 6.20 Å². The van der Waals surface area contributed by atoms with Crippen LogP contribution in [0.5, 0.6) is 0 Å². The molecule has 5 heteroatoms. The molecule has 0 aliphatic rings. The number of hydrogen-bond acceptors (Lipinski definition) is 3. The number of aldehydes is 1. The van der Waals surface area contributed by atoms with Crippen molar-refractivity contribution >= 4 is 6.29 Å². The fourth-order valence-electron chi connectivity index (χ4n) is 0.477. The molecule has 0 aromatic carbocycles. The standard InChI is InChI=1S/C5H3FN2O2/c6-4-1-7-5(10)3(2-9)8-4/h1-2H,(H,7,10). The Bertz CT molecular complexity index is 307. The van der Waals surface area contributed by atoms with Crippen molar-refractivity contribution in [2.75, 3.05) is 0 Å². The summed E-state index contributed by atoms with van der Waals surface area (Å²) in [6.45, 7) is 0. The highest BCUT2D eigenvalue weighted by Crippen LogP contribution is 1.83. The number of hydrogen-bond donors (Lipinski definition) is 1. The quantitative estimate of drug-likeness (QED) is 0.548. The molecule has 0 radical (unpaired) electrons. The molecule has 0 saturated carbocycles. The summed E-state index contributed by atoms with van der Waals surface area (Å²) in [5.41, 5.74) is -1.13. The lowest BCUT2D eigenvalue weighted by Crippen LogP contribution is -2.14. The molecule has 0 unspecified atom stereocenters. The maximum Gasteiger partial charge on any atom is 0.277 e. The van der Waals surface area contributed by atoms with E-state index in [1.54, 1.807) is 0 Å². The van der Waals surface area contributed by atoms with E-state index in [0.29, 0.717) is 0 Å². The maximum atomic E-state index is 12.1. The first-order chi connectivity index (χ1) is 4.74. The minimum atomic E-state index is -0.873. The summed E-state index contributed by atoms with van der Waals surface area (Å²) in [5.74, 6) is -0.873. The third kappa shape index (κ3) is 1.07. The first-order valence-corrected chi connectivity index (χ1v) is 2.44. The van der Waals surface area contributed by atoms with Crippen LogP contribution < -0.4 is 5.56 Å². The van der Waals surface area contributed by atoms with Gasteiger partial charge in [-0.3, -0.25) is 9.59 Å². The number of aromatic nitrogens is 2. The smallest absolute Gasteiger partial charge is 0.277 e. The molecule has 0 spiro atoms. The van der Waals surface area contributed by atoms with Gasteiger partial charge in [0.1, 0.15) is 0 Å². The van der Waals surface area contributed by atoms with Crippen molar-refractivity contribution in [3.8, 4) is 0 Å². The fraction of sp³-hybridized carbons (Fsp3) is 0.